The SMILES string of the molecule is CCCCC[S+](C)C. The molecule has 0 aromatic heterocycles. The van der Waals surface area contributed by atoms with Crippen LogP contribution in [-0.4, -0.2) is 18.3 Å². The summed E-state index contributed by atoms with van der Waals surface area (Å²) in [4.78, 5) is 0. The second-order valence-electron chi connectivity index (χ2n) is 2.40. The Hall–Kier alpha value is 0.350. The minimum atomic E-state index is 0.683. The molecule has 0 saturated heterocycles. The lowest BCUT2D eigenvalue weighted by atomic mass is 10.3. The molecule has 0 atom stereocenters. The lowest BCUT2D eigenvalue weighted by Crippen LogP contribution is -2.00. The van der Waals surface area contributed by atoms with Crippen LogP contribution in [0.15, 0.2) is 0 Å². The quantitative estimate of drug-likeness (QED) is 0.407. The first kappa shape index (κ1) is 8.35. The molecule has 0 N–H and O–H groups in total. The molecule has 0 heterocycles. The first-order valence-electron chi connectivity index (χ1n) is 3.31. The summed E-state index contributed by atoms with van der Waals surface area (Å²) in [5.74, 6) is 1.44. The summed E-state index contributed by atoms with van der Waals surface area (Å²) < 4.78 is 0. The largest absolute Gasteiger partial charge is 0.107 e. The van der Waals surface area contributed by atoms with Gasteiger partial charge in [0.2, 0.25) is 0 Å². The summed E-state index contributed by atoms with van der Waals surface area (Å²) in [6.07, 6.45) is 8.85. The van der Waals surface area contributed by atoms with Crippen molar-refractivity contribution in [2.75, 3.05) is 18.3 Å². The Labute approximate surface area is 56.0 Å². The topological polar surface area (TPSA) is 0 Å². The second kappa shape index (κ2) is 5.49. The summed E-state index contributed by atoms with van der Waals surface area (Å²) in [5, 5.41) is 0. The van der Waals surface area contributed by atoms with Crippen molar-refractivity contribution in [3.8, 4) is 0 Å². The number of hydrogen-bond donors (Lipinski definition) is 0. The Morgan fingerprint density at radius 3 is 2.12 bits per heavy atom. The molecule has 0 rings (SSSR count). The Balaban J connectivity index is 2.72. The van der Waals surface area contributed by atoms with E-state index in [2.05, 4.69) is 19.4 Å². The van der Waals surface area contributed by atoms with Crippen LogP contribution in [0.2, 0.25) is 0 Å². The van der Waals surface area contributed by atoms with E-state index in [-0.39, 0.29) is 0 Å². The van der Waals surface area contributed by atoms with Gasteiger partial charge < -0.3 is 0 Å². The van der Waals surface area contributed by atoms with Gasteiger partial charge in [-0.2, -0.15) is 0 Å². The third-order valence-electron chi connectivity index (χ3n) is 1.16. The Bertz CT molecular complexity index is 41.7. The molecule has 0 unspecified atom stereocenters. The van der Waals surface area contributed by atoms with Crippen LogP contribution in [0.3, 0.4) is 0 Å². The summed E-state index contributed by atoms with van der Waals surface area (Å²) in [5.41, 5.74) is 0. The van der Waals surface area contributed by atoms with Crippen LogP contribution < -0.4 is 0 Å². The monoisotopic (exact) mass is 133 g/mol. The Morgan fingerprint density at radius 1 is 1.12 bits per heavy atom. The highest BCUT2D eigenvalue weighted by atomic mass is 32.2. The fourth-order valence-corrected chi connectivity index (χ4v) is 1.42. The molecule has 0 aliphatic heterocycles. The van der Waals surface area contributed by atoms with Gasteiger partial charge in [0.05, 0.1) is 12.5 Å². The summed E-state index contributed by atoms with van der Waals surface area (Å²) in [6.45, 7) is 2.25. The van der Waals surface area contributed by atoms with Crippen molar-refractivity contribution in [1.82, 2.24) is 0 Å². The third-order valence-corrected chi connectivity index (χ3v) is 2.26. The standard InChI is InChI=1S/C7H17S/c1-4-5-6-7-8(2)3/h4-7H2,1-3H3/q+1. The van der Waals surface area contributed by atoms with E-state index in [0.717, 1.165) is 0 Å². The van der Waals surface area contributed by atoms with Gasteiger partial charge in [-0.05, 0) is 23.7 Å². The van der Waals surface area contributed by atoms with Crippen LogP contribution in [0.1, 0.15) is 26.2 Å². The van der Waals surface area contributed by atoms with Crippen molar-refractivity contribution in [2.24, 2.45) is 0 Å². The molecule has 0 aromatic carbocycles. The molecule has 0 radical (unpaired) electrons. The zero-order valence-corrected chi connectivity index (χ0v) is 7.05. The molecule has 0 fully saturated rings. The molecule has 1 heteroatoms. The van der Waals surface area contributed by atoms with E-state index >= 15 is 0 Å². The minimum absolute atomic E-state index is 0.683. The van der Waals surface area contributed by atoms with Gasteiger partial charge >= 0.3 is 0 Å². The third kappa shape index (κ3) is 6.35. The van der Waals surface area contributed by atoms with Crippen LogP contribution in [-0.2, 0) is 10.9 Å². The van der Waals surface area contributed by atoms with Gasteiger partial charge in [-0.3, -0.25) is 0 Å². The van der Waals surface area contributed by atoms with E-state index < -0.39 is 0 Å². The van der Waals surface area contributed by atoms with Crippen LogP contribution in [0.25, 0.3) is 0 Å². The minimum Gasteiger partial charge on any atom is -0.0654 e. The van der Waals surface area contributed by atoms with Crippen molar-refractivity contribution >= 4 is 10.9 Å². The molecule has 0 aliphatic rings. The van der Waals surface area contributed by atoms with Gasteiger partial charge in [-0.15, -0.1) is 0 Å². The first-order valence-corrected chi connectivity index (χ1v) is 5.52. The van der Waals surface area contributed by atoms with Crippen LogP contribution in [0.4, 0.5) is 0 Å². The molecule has 0 bridgehead atoms. The highest BCUT2D eigenvalue weighted by Gasteiger charge is 1.98. The summed E-state index contributed by atoms with van der Waals surface area (Å²) in [6, 6.07) is 0. The fourth-order valence-electron chi connectivity index (χ4n) is 0.641. The van der Waals surface area contributed by atoms with Gasteiger partial charge in [0.25, 0.3) is 0 Å². The van der Waals surface area contributed by atoms with E-state index in [4.69, 9.17) is 0 Å². The molecule has 0 saturated carbocycles. The number of unbranched alkanes of at least 4 members (excludes halogenated alkanes) is 2. The maximum absolute atomic E-state index is 2.32. The zero-order valence-electron chi connectivity index (χ0n) is 6.24. The Morgan fingerprint density at radius 2 is 1.75 bits per heavy atom. The molecule has 0 aliphatic carbocycles. The molecule has 8 heavy (non-hydrogen) atoms. The molecule has 0 nitrogen and oxygen atoms in total. The average Bonchev–Trinajstić information content (AvgIpc) is 1.66. The van der Waals surface area contributed by atoms with E-state index in [9.17, 15) is 0 Å². The second-order valence-corrected chi connectivity index (χ2v) is 4.78. The molecular weight excluding hydrogens is 116 g/mol. The fraction of sp³-hybridized carbons (Fsp3) is 1.00. The van der Waals surface area contributed by atoms with Crippen molar-refractivity contribution in [1.29, 1.82) is 0 Å². The van der Waals surface area contributed by atoms with Gasteiger partial charge in [0, 0.05) is 0 Å². The summed E-state index contributed by atoms with van der Waals surface area (Å²) in [7, 11) is 0.683. The van der Waals surface area contributed by atoms with Gasteiger partial charge in [-0.1, -0.05) is 13.3 Å². The highest BCUT2D eigenvalue weighted by molar-refractivity contribution is 7.95. The first-order chi connectivity index (χ1) is 3.77. The van der Waals surface area contributed by atoms with E-state index in [1.165, 1.54) is 25.0 Å². The maximum atomic E-state index is 2.32. The van der Waals surface area contributed by atoms with E-state index in [0.29, 0.717) is 10.9 Å². The number of hydrogen-bond acceptors (Lipinski definition) is 0. The Kier molecular flexibility index (Phi) is 5.73. The lowest BCUT2D eigenvalue weighted by Gasteiger charge is -1.93. The number of rotatable bonds is 4. The average molecular weight is 133 g/mol. The maximum Gasteiger partial charge on any atom is 0.107 e. The van der Waals surface area contributed by atoms with Crippen LogP contribution in [0.5, 0.6) is 0 Å². The zero-order chi connectivity index (χ0) is 6.41. The predicted molar refractivity (Wildman–Crippen MR) is 43.6 cm³/mol. The summed E-state index contributed by atoms with van der Waals surface area (Å²) >= 11 is 0. The van der Waals surface area contributed by atoms with Crippen LogP contribution >= 0.6 is 0 Å². The molecule has 50 valence electrons. The highest BCUT2D eigenvalue weighted by Crippen LogP contribution is 1.96. The smallest absolute Gasteiger partial charge is 0.0654 e. The van der Waals surface area contributed by atoms with Crippen LogP contribution in [0, 0.1) is 0 Å². The molecule has 0 aromatic rings. The van der Waals surface area contributed by atoms with Crippen molar-refractivity contribution in [3.63, 3.8) is 0 Å². The van der Waals surface area contributed by atoms with Gasteiger partial charge in [0.1, 0.15) is 5.75 Å². The normalized spacial score (nSPS) is 10.5. The molecular formula is C7H17S+. The molecule has 0 spiro atoms. The lowest BCUT2D eigenvalue weighted by molar-refractivity contribution is 0.777. The molecule has 0 amide bonds. The van der Waals surface area contributed by atoms with Crippen molar-refractivity contribution in [3.05, 3.63) is 0 Å². The van der Waals surface area contributed by atoms with Crippen molar-refractivity contribution < 1.29 is 0 Å². The van der Waals surface area contributed by atoms with Crippen molar-refractivity contribution in [2.45, 2.75) is 26.2 Å². The van der Waals surface area contributed by atoms with Gasteiger partial charge in [0.15, 0.2) is 0 Å². The van der Waals surface area contributed by atoms with E-state index in [1.54, 1.807) is 0 Å². The van der Waals surface area contributed by atoms with E-state index in [1.807, 2.05) is 0 Å². The predicted octanol–water partition coefficient (Wildman–Crippen LogP) is 2.05. The van der Waals surface area contributed by atoms with Gasteiger partial charge in [-0.25, -0.2) is 0 Å².